The number of nitrogens with one attached hydrogen (secondary N) is 2. The first-order valence-corrected chi connectivity index (χ1v) is 8.11. The fourth-order valence-electron chi connectivity index (χ4n) is 2.31. The van der Waals surface area contributed by atoms with E-state index in [1.54, 1.807) is 36.4 Å². The molecular formula is C19H21FN2O4. The van der Waals surface area contributed by atoms with E-state index in [2.05, 4.69) is 10.6 Å². The van der Waals surface area contributed by atoms with Gasteiger partial charge in [0.15, 0.2) is 0 Å². The Morgan fingerprint density at radius 3 is 2.54 bits per heavy atom. The van der Waals surface area contributed by atoms with Crippen LogP contribution in [0.4, 0.5) is 10.1 Å². The molecule has 3 N–H and O–H groups in total. The van der Waals surface area contributed by atoms with E-state index < -0.39 is 6.04 Å². The van der Waals surface area contributed by atoms with Crippen LogP contribution in [-0.2, 0) is 16.2 Å². The molecule has 0 heterocycles. The SMILES string of the molecule is CC(=O)NC(CO)CC(=O)Nc1ccc(OCc2cccc(F)c2)cc1. The molecule has 26 heavy (non-hydrogen) atoms. The molecular weight excluding hydrogens is 339 g/mol. The topological polar surface area (TPSA) is 87.7 Å². The summed E-state index contributed by atoms with van der Waals surface area (Å²) in [7, 11) is 0. The van der Waals surface area contributed by atoms with Gasteiger partial charge >= 0.3 is 0 Å². The van der Waals surface area contributed by atoms with Crippen LogP contribution in [0.5, 0.6) is 5.75 Å². The summed E-state index contributed by atoms with van der Waals surface area (Å²) in [5, 5.41) is 14.3. The highest BCUT2D eigenvalue weighted by Gasteiger charge is 2.14. The summed E-state index contributed by atoms with van der Waals surface area (Å²) in [6, 6.07) is 12.3. The van der Waals surface area contributed by atoms with Crippen molar-refractivity contribution in [2.45, 2.75) is 26.0 Å². The van der Waals surface area contributed by atoms with Crippen molar-refractivity contribution in [1.82, 2.24) is 5.32 Å². The number of hydrogen-bond acceptors (Lipinski definition) is 4. The van der Waals surface area contributed by atoms with Crippen molar-refractivity contribution in [3.63, 3.8) is 0 Å². The minimum atomic E-state index is -0.624. The Bertz CT molecular complexity index is 749. The number of hydrogen-bond donors (Lipinski definition) is 3. The van der Waals surface area contributed by atoms with Gasteiger partial charge in [-0.05, 0) is 42.0 Å². The number of carbonyl (C=O) groups excluding carboxylic acids is 2. The van der Waals surface area contributed by atoms with Crippen LogP contribution in [0.15, 0.2) is 48.5 Å². The van der Waals surface area contributed by atoms with Crippen molar-refractivity contribution < 1.29 is 23.8 Å². The molecule has 2 aromatic rings. The van der Waals surface area contributed by atoms with Crippen LogP contribution in [0.25, 0.3) is 0 Å². The van der Waals surface area contributed by atoms with Gasteiger partial charge in [0.2, 0.25) is 11.8 Å². The quantitative estimate of drug-likeness (QED) is 0.674. The molecule has 0 bridgehead atoms. The molecule has 2 amide bonds. The summed E-state index contributed by atoms with van der Waals surface area (Å²) < 4.78 is 18.7. The van der Waals surface area contributed by atoms with Gasteiger partial charge in [-0.15, -0.1) is 0 Å². The zero-order valence-corrected chi connectivity index (χ0v) is 14.4. The van der Waals surface area contributed by atoms with Gasteiger partial charge in [-0.3, -0.25) is 9.59 Å². The van der Waals surface area contributed by atoms with Crippen LogP contribution >= 0.6 is 0 Å². The monoisotopic (exact) mass is 360 g/mol. The number of amides is 2. The highest BCUT2D eigenvalue weighted by Crippen LogP contribution is 2.17. The number of carbonyl (C=O) groups is 2. The minimum absolute atomic E-state index is 0.0338. The summed E-state index contributed by atoms with van der Waals surface area (Å²) in [6.07, 6.45) is -0.0338. The summed E-state index contributed by atoms with van der Waals surface area (Å²) >= 11 is 0. The molecule has 0 saturated carbocycles. The molecule has 138 valence electrons. The van der Waals surface area contributed by atoms with Crippen LogP contribution < -0.4 is 15.4 Å². The predicted molar refractivity (Wildman–Crippen MR) is 95.1 cm³/mol. The van der Waals surface area contributed by atoms with Gasteiger partial charge in [0.05, 0.1) is 12.6 Å². The molecule has 0 aliphatic carbocycles. The molecule has 1 unspecified atom stereocenters. The second kappa shape index (κ2) is 9.53. The zero-order valence-electron chi connectivity index (χ0n) is 14.4. The van der Waals surface area contributed by atoms with Crippen LogP contribution in [0.1, 0.15) is 18.9 Å². The van der Waals surface area contributed by atoms with Crippen LogP contribution in [0.2, 0.25) is 0 Å². The molecule has 2 aromatic carbocycles. The molecule has 2 rings (SSSR count). The molecule has 0 spiro atoms. The number of halogens is 1. The van der Waals surface area contributed by atoms with Gasteiger partial charge in [-0.1, -0.05) is 12.1 Å². The van der Waals surface area contributed by atoms with Crippen molar-refractivity contribution in [3.8, 4) is 5.75 Å². The maximum Gasteiger partial charge on any atom is 0.226 e. The lowest BCUT2D eigenvalue weighted by Crippen LogP contribution is -2.38. The second-order valence-corrected chi connectivity index (χ2v) is 5.78. The summed E-state index contributed by atoms with van der Waals surface area (Å²) in [6.45, 7) is 1.24. The first-order chi connectivity index (χ1) is 12.5. The number of anilines is 1. The Kier molecular flexibility index (Phi) is 7.11. The molecule has 1 atom stereocenters. The maximum absolute atomic E-state index is 13.1. The third-order valence-corrected chi connectivity index (χ3v) is 3.49. The Labute approximate surface area is 151 Å². The fraction of sp³-hybridized carbons (Fsp3) is 0.263. The van der Waals surface area contributed by atoms with Crippen molar-refractivity contribution in [1.29, 1.82) is 0 Å². The van der Waals surface area contributed by atoms with Gasteiger partial charge in [0.1, 0.15) is 18.2 Å². The van der Waals surface area contributed by atoms with Crippen molar-refractivity contribution in [2.75, 3.05) is 11.9 Å². The number of ether oxygens (including phenoxy) is 1. The average molecular weight is 360 g/mol. The lowest BCUT2D eigenvalue weighted by atomic mass is 10.2. The van der Waals surface area contributed by atoms with Gasteiger partial charge in [-0.2, -0.15) is 0 Å². The Balaban J connectivity index is 1.84. The number of aliphatic hydroxyl groups excluding tert-OH is 1. The van der Waals surface area contributed by atoms with E-state index in [0.29, 0.717) is 11.4 Å². The first kappa shape index (κ1) is 19.4. The summed E-state index contributed by atoms with van der Waals surface area (Å²) in [4.78, 5) is 22.9. The molecule has 0 aromatic heterocycles. The molecule has 0 radical (unpaired) electrons. The van der Waals surface area contributed by atoms with E-state index in [1.165, 1.54) is 19.1 Å². The third kappa shape index (κ3) is 6.52. The standard InChI is InChI=1S/C19H21FN2O4/c1-13(24)21-17(11-23)10-19(25)22-16-5-7-18(8-6-16)26-12-14-3-2-4-15(20)9-14/h2-9,17,23H,10-12H2,1H3,(H,21,24)(H,22,25). The number of benzene rings is 2. The van der Waals surface area contributed by atoms with Crippen molar-refractivity contribution in [2.24, 2.45) is 0 Å². The fourth-order valence-corrected chi connectivity index (χ4v) is 2.31. The van der Waals surface area contributed by atoms with E-state index in [1.807, 2.05) is 0 Å². The average Bonchev–Trinajstić information content (AvgIpc) is 2.60. The van der Waals surface area contributed by atoms with Gasteiger partial charge in [-0.25, -0.2) is 4.39 Å². The van der Waals surface area contributed by atoms with Gasteiger partial charge in [0.25, 0.3) is 0 Å². The summed E-state index contributed by atoms with van der Waals surface area (Å²) in [5.41, 5.74) is 1.28. The summed E-state index contributed by atoms with van der Waals surface area (Å²) in [5.74, 6) is -0.369. The van der Waals surface area contributed by atoms with Crippen LogP contribution in [0.3, 0.4) is 0 Å². The molecule has 0 aliphatic heterocycles. The third-order valence-electron chi connectivity index (χ3n) is 3.49. The minimum Gasteiger partial charge on any atom is -0.489 e. The smallest absolute Gasteiger partial charge is 0.226 e. The van der Waals surface area contributed by atoms with Gasteiger partial charge < -0.3 is 20.5 Å². The van der Waals surface area contributed by atoms with E-state index in [0.717, 1.165) is 5.56 Å². The van der Waals surface area contributed by atoms with E-state index in [-0.39, 0.29) is 37.3 Å². The molecule has 0 fully saturated rings. The zero-order chi connectivity index (χ0) is 18.9. The maximum atomic E-state index is 13.1. The Morgan fingerprint density at radius 2 is 1.92 bits per heavy atom. The lowest BCUT2D eigenvalue weighted by Gasteiger charge is -2.15. The van der Waals surface area contributed by atoms with Crippen LogP contribution in [0, 0.1) is 5.82 Å². The van der Waals surface area contributed by atoms with E-state index in [4.69, 9.17) is 9.84 Å². The number of rotatable bonds is 8. The molecule has 0 saturated heterocycles. The van der Waals surface area contributed by atoms with E-state index >= 15 is 0 Å². The number of aliphatic hydroxyl groups is 1. The normalized spacial score (nSPS) is 11.5. The Morgan fingerprint density at radius 1 is 1.19 bits per heavy atom. The lowest BCUT2D eigenvalue weighted by molar-refractivity contribution is -0.120. The van der Waals surface area contributed by atoms with Gasteiger partial charge in [0, 0.05) is 19.0 Å². The van der Waals surface area contributed by atoms with Crippen molar-refractivity contribution in [3.05, 3.63) is 59.9 Å². The van der Waals surface area contributed by atoms with Crippen LogP contribution in [-0.4, -0.2) is 29.6 Å². The van der Waals surface area contributed by atoms with Crippen molar-refractivity contribution >= 4 is 17.5 Å². The molecule has 6 nitrogen and oxygen atoms in total. The predicted octanol–water partition coefficient (Wildman–Crippen LogP) is 2.23. The van der Waals surface area contributed by atoms with E-state index in [9.17, 15) is 14.0 Å². The molecule has 7 heteroatoms. The Hall–Kier alpha value is -2.93. The molecule has 0 aliphatic rings. The highest BCUT2D eigenvalue weighted by molar-refractivity contribution is 5.91. The highest BCUT2D eigenvalue weighted by atomic mass is 19.1. The second-order valence-electron chi connectivity index (χ2n) is 5.78. The largest absolute Gasteiger partial charge is 0.489 e. The first-order valence-electron chi connectivity index (χ1n) is 8.11.